The number of aromatic nitrogens is 5. The van der Waals surface area contributed by atoms with Gasteiger partial charge in [-0.05, 0) is 43.2 Å². The highest BCUT2D eigenvalue weighted by Gasteiger charge is 2.60. The average Bonchev–Trinajstić information content (AvgIpc) is 3.71. The molecule has 0 aromatic carbocycles. The molecule has 2 spiro atoms. The van der Waals surface area contributed by atoms with E-state index in [-0.39, 0.29) is 17.1 Å². The molecule has 3 aliphatic rings. The molecular weight excluding hydrogens is 512 g/mol. The van der Waals surface area contributed by atoms with Gasteiger partial charge in [-0.15, -0.1) is 11.3 Å². The van der Waals surface area contributed by atoms with Crippen molar-refractivity contribution in [2.45, 2.75) is 37.9 Å². The van der Waals surface area contributed by atoms with Crippen LogP contribution in [0.4, 0.5) is 4.79 Å². The molecule has 0 unspecified atom stereocenters. The Bertz CT molecular complexity index is 1740. The predicted octanol–water partition coefficient (Wildman–Crippen LogP) is 5.61. The molecule has 10 heteroatoms. The van der Waals surface area contributed by atoms with Gasteiger partial charge in [-0.3, -0.25) is 9.67 Å². The Morgan fingerprint density at radius 3 is 2.79 bits per heavy atom. The fourth-order valence-corrected chi connectivity index (χ4v) is 8.31. The number of aryl methyl sites for hydroxylation is 1. The van der Waals surface area contributed by atoms with Crippen molar-refractivity contribution in [2.75, 3.05) is 20.2 Å². The second-order valence-corrected chi connectivity index (χ2v) is 12.4. The maximum atomic E-state index is 12.1. The van der Waals surface area contributed by atoms with Crippen molar-refractivity contribution in [1.29, 1.82) is 0 Å². The molecule has 39 heavy (non-hydrogen) atoms. The summed E-state index contributed by atoms with van der Waals surface area (Å²) in [5.41, 5.74) is 6.41. The summed E-state index contributed by atoms with van der Waals surface area (Å²) >= 11 is 1.78. The van der Waals surface area contributed by atoms with Gasteiger partial charge in [-0.25, -0.2) is 9.78 Å². The quantitative estimate of drug-likeness (QED) is 0.313. The minimum atomic E-state index is -0.328. The summed E-state index contributed by atoms with van der Waals surface area (Å²) in [5, 5.41) is 6.75. The third-order valence-electron chi connectivity index (χ3n) is 8.99. The van der Waals surface area contributed by atoms with E-state index in [9.17, 15) is 4.79 Å². The van der Waals surface area contributed by atoms with Crippen LogP contribution in [0.1, 0.15) is 36.8 Å². The topological polar surface area (TPSA) is 98.2 Å². The largest absolute Gasteiger partial charge is 0.453 e. The summed E-state index contributed by atoms with van der Waals surface area (Å²) in [4.78, 5) is 28.0. The third-order valence-corrected chi connectivity index (χ3v) is 10.1. The molecule has 1 N–H and O–H groups in total. The molecule has 9 nitrogen and oxygen atoms in total. The van der Waals surface area contributed by atoms with Gasteiger partial charge in [0.05, 0.1) is 31.2 Å². The van der Waals surface area contributed by atoms with E-state index in [1.807, 2.05) is 47.6 Å². The number of carbonyl (C=O) groups is 1. The molecule has 2 fully saturated rings. The van der Waals surface area contributed by atoms with Crippen molar-refractivity contribution in [2.24, 2.45) is 12.5 Å². The lowest BCUT2D eigenvalue weighted by atomic mass is 9.53. The van der Waals surface area contributed by atoms with Crippen molar-refractivity contribution >= 4 is 38.5 Å². The van der Waals surface area contributed by atoms with E-state index in [4.69, 9.17) is 14.5 Å². The second-order valence-electron chi connectivity index (χ2n) is 11.3. The fourth-order valence-electron chi connectivity index (χ4n) is 7.22. The third kappa shape index (κ3) is 3.34. The Kier molecular flexibility index (Phi) is 4.82. The van der Waals surface area contributed by atoms with Gasteiger partial charge in [-0.1, -0.05) is 0 Å². The van der Waals surface area contributed by atoms with E-state index < -0.39 is 0 Å². The molecule has 1 saturated carbocycles. The lowest BCUT2D eigenvalue weighted by Crippen LogP contribution is -2.55. The van der Waals surface area contributed by atoms with Crippen LogP contribution in [-0.4, -0.2) is 55.9 Å². The van der Waals surface area contributed by atoms with Crippen molar-refractivity contribution < 1.29 is 14.3 Å². The average molecular weight is 541 g/mol. The normalized spacial score (nSPS) is 19.2. The number of fused-ring (bicyclic) bond motifs is 5. The molecule has 1 amide bonds. The first kappa shape index (κ1) is 23.2. The molecule has 198 valence electrons. The molecule has 7 heterocycles. The van der Waals surface area contributed by atoms with Gasteiger partial charge >= 0.3 is 6.09 Å². The molecular formula is C29H28N6O3S. The van der Waals surface area contributed by atoms with Crippen molar-refractivity contribution in [3.63, 3.8) is 0 Å². The first-order chi connectivity index (χ1) is 19.0. The number of amides is 1. The number of piperidine rings is 1. The van der Waals surface area contributed by atoms with Crippen LogP contribution in [0, 0.1) is 5.41 Å². The van der Waals surface area contributed by atoms with Crippen LogP contribution in [0.25, 0.3) is 42.8 Å². The van der Waals surface area contributed by atoms with Gasteiger partial charge < -0.3 is 19.4 Å². The highest BCUT2D eigenvalue weighted by Crippen LogP contribution is 2.65. The summed E-state index contributed by atoms with van der Waals surface area (Å²) in [6.07, 6.45) is 13.4. The zero-order valence-corrected chi connectivity index (χ0v) is 22.7. The summed E-state index contributed by atoms with van der Waals surface area (Å²) in [5.74, 6) is 0. The minimum absolute atomic E-state index is 0.188. The first-order valence-electron chi connectivity index (χ1n) is 13.3. The van der Waals surface area contributed by atoms with Crippen molar-refractivity contribution in [3.8, 4) is 21.7 Å². The Labute approximate surface area is 228 Å². The van der Waals surface area contributed by atoms with Crippen LogP contribution in [-0.2, 0) is 28.7 Å². The van der Waals surface area contributed by atoms with Gasteiger partial charge in [0.1, 0.15) is 5.65 Å². The number of hydrogen-bond acceptors (Lipinski definition) is 7. The van der Waals surface area contributed by atoms with E-state index in [2.05, 4.69) is 27.2 Å². The van der Waals surface area contributed by atoms with Crippen LogP contribution < -0.4 is 0 Å². The van der Waals surface area contributed by atoms with Gasteiger partial charge in [0, 0.05) is 87.5 Å². The summed E-state index contributed by atoms with van der Waals surface area (Å²) in [6, 6.07) is 4.31. The highest BCUT2D eigenvalue weighted by molar-refractivity contribution is 7.22. The Morgan fingerprint density at radius 2 is 2.05 bits per heavy atom. The SMILES string of the molecule is COC(=O)N1CCC2(CC1)CC1(C2)OCc2cnc3[nH]c(-c4cnn(C)c4)c(-c4cc5cnccc5s4)c3c21. The summed E-state index contributed by atoms with van der Waals surface area (Å²) < 4.78 is 14.7. The zero-order valence-electron chi connectivity index (χ0n) is 21.9. The smallest absolute Gasteiger partial charge is 0.409 e. The molecule has 5 aromatic rings. The van der Waals surface area contributed by atoms with Crippen LogP contribution in [0.5, 0.6) is 0 Å². The number of ether oxygens (including phenoxy) is 2. The number of rotatable bonds is 2. The standard InChI is InChI=1S/C29H28N6O3S/c1-34-13-18(12-32-34)25-22(21-9-17-10-30-6-3-20(17)39-21)23-24-19(11-31-26(23)33-25)14-38-29(24)15-28(16-29)4-7-35(8-5-28)27(36)37-2/h3,6,9-13H,4-5,7-8,14-16H2,1-2H3,(H,31,33). The van der Waals surface area contributed by atoms with Crippen LogP contribution in [0.15, 0.2) is 43.1 Å². The first-order valence-corrected chi connectivity index (χ1v) is 14.1. The van der Waals surface area contributed by atoms with Crippen molar-refractivity contribution in [3.05, 3.63) is 54.2 Å². The molecule has 1 saturated heterocycles. The van der Waals surface area contributed by atoms with E-state index in [1.54, 1.807) is 11.3 Å². The van der Waals surface area contributed by atoms with Crippen LogP contribution in [0.3, 0.4) is 0 Å². The molecule has 1 aliphatic carbocycles. The summed E-state index contributed by atoms with van der Waals surface area (Å²) in [7, 11) is 3.39. The Hall–Kier alpha value is -3.76. The molecule has 2 aliphatic heterocycles. The maximum absolute atomic E-state index is 12.1. The lowest BCUT2D eigenvalue weighted by molar-refractivity contribution is -0.181. The Balaban J connectivity index is 1.27. The van der Waals surface area contributed by atoms with Gasteiger partial charge in [0.25, 0.3) is 0 Å². The summed E-state index contributed by atoms with van der Waals surface area (Å²) in [6.45, 7) is 2.04. The Morgan fingerprint density at radius 1 is 1.21 bits per heavy atom. The number of methoxy groups -OCH3 is 1. The van der Waals surface area contributed by atoms with Crippen LogP contribution >= 0.6 is 11.3 Å². The van der Waals surface area contributed by atoms with Crippen LogP contribution in [0.2, 0.25) is 0 Å². The van der Waals surface area contributed by atoms with Gasteiger partial charge in [-0.2, -0.15) is 5.10 Å². The highest BCUT2D eigenvalue weighted by atomic mass is 32.1. The molecule has 8 rings (SSSR count). The molecule has 0 atom stereocenters. The van der Waals surface area contributed by atoms with E-state index in [1.165, 1.54) is 27.8 Å². The van der Waals surface area contributed by atoms with E-state index in [0.717, 1.165) is 72.0 Å². The molecule has 5 aromatic heterocycles. The number of H-pyrrole nitrogens is 1. The van der Waals surface area contributed by atoms with E-state index in [0.29, 0.717) is 6.61 Å². The second kappa shape index (κ2) is 8.12. The van der Waals surface area contributed by atoms with Gasteiger partial charge in [0.15, 0.2) is 0 Å². The minimum Gasteiger partial charge on any atom is -0.453 e. The fraction of sp³-hybridized carbons (Fsp3) is 0.379. The maximum Gasteiger partial charge on any atom is 0.409 e. The predicted molar refractivity (Wildman–Crippen MR) is 148 cm³/mol. The number of nitrogens with one attached hydrogen (secondary N) is 1. The van der Waals surface area contributed by atoms with E-state index >= 15 is 0 Å². The molecule has 0 radical (unpaired) electrons. The monoisotopic (exact) mass is 540 g/mol. The van der Waals surface area contributed by atoms with Crippen molar-refractivity contribution in [1.82, 2.24) is 29.6 Å². The van der Waals surface area contributed by atoms with Gasteiger partial charge in [0.2, 0.25) is 0 Å². The number of carbonyl (C=O) groups excluding carboxylic acids is 1. The number of thiophene rings is 1. The lowest BCUT2D eigenvalue weighted by Gasteiger charge is -2.57. The number of hydrogen-bond donors (Lipinski definition) is 1. The zero-order chi connectivity index (χ0) is 26.4. The molecule has 0 bridgehead atoms. The number of nitrogens with zero attached hydrogens (tertiary/aromatic N) is 5. The number of likely N-dealkylation sites (tertiary alicyclic amines) is 1. The number of pyridine rings is 2. The number of aromatic amines is 1.